The standard InChI is InChI=1S/C14H10BrClN2O3/c15-8-1-4-10(5-2-8)17-14(21)18-12-6-3-9(16)7-11(12)13(19)20/h1-7H,(H,19,20)(H2,17,18,21). The molecule has 2 aromatic rings. The minimum atomic E-state index is -1.17. The van der Waals surface area contributed by atoms with E-state index >= 15 is 0 Å². The molecule has 7 heteroatoms. The van der Waals surface area contributed by atoms with Crippen molar-refractivity contribution in [2.45, 2.75) is 0 Å². The summed E-state index contributed by atoms with van der Waals surface area (Å²) in [7, 11) is 0. The first kappa shape index (κ1) is 15.3. The number of carboxylic acid groups (broad SMARTS) is 1. The van der Waals surface area contributed by atoms with Gasteiger partial charge >= 0.3 is 12.0 Å². The Hall–Kier alpha value is -2.05. The number of carboxylic acids is 1. The molecule has 3 N–H and O–H groups in total. The van der Waals surface area contributed by atoms with E-state index in [-0.39, 0.29) is 16.3 Å². The molecule has 2 rings (SSSR count). The highest BCUT2D eigenvalue weighted by Gasteiger charge is 2.13. The van der Waals surface area contributed by atoms with Gasteiger partial charge in [-0.3, -0.25) is 0 Å². The topological polar surface area (TPSA) is 78.4 Å². The number of urea groups is 1. The molecule has 0 spiro atoms. The summed E-state index contributed by atoms with van der Waals surface area (Å²) < 4.78 is 0.888. The number of amides is 2. The van der Waals surface area contributed by atoms with E-state index in [0.717, 1.165) is 4.47 Å². The van der Waals surface area contributed by atoms with Crippen molar-refractivity contribution in [2.24, 2.45) is 0 Å². The van der Waals surface area contributed by atoms with Crippen LogP contribution in [0.2, 0.25) is 5.02 Å². The number of halogens is 2. The smallest absolute Gasteiger partial charge is 0.337 e. The summed E-state index contributed by atoms with van der Waals surface area (Å²) in [5.41, 5.74) is 0.677. The van der Waals surface area contributed by atoms with Crippen LogP contribution in [0, 0.1) is 0 Å². The van der Waals surface area contributed by atoms with E-state index in [1.165, 1.54) is 18.2 Å². The maximum absolute atomic E-state index is 11.9. The van der Waals surface area contributed by atoms with Crippen LogP contribution in [0.5, 0.6) is 0 Å². The second kappa shape index (κ2) is 6.60. The van der Waals surface area contributed by atoms with Crippen molar-refractivity contribution in [1.82, 2.24) is 0 Å². The number of aromatic carboxylic acids is 1. The molecular weight excluding hydrogens is 360 g/mol. The van der Waals surface area contributed by atoms with E-state index in [0.29, 0.717) is 5.69 Å². The van der Waals surface area contributed by atoms with Crippen LogP contribution in [0.4, 0.5) is 16.2 Å². The molecule has 0 saturated carbocycles. The molecular formula is C14H10BrClN2O3. The minimum absolute atomic E-state index is 0.0755. The molecule has 0 saturated heterocycles. The fourth-order valence-corrected chi connectivity index (χ4v) is 2.06. The van der Waals surface area contributed by atoms with Crippen molar-refractivity contribution >= 4 is 50.9 Å². The number of carbonyl (C=O) groups excluding carboxylic acids is 1. The summed E-state index contributed by atoms with van der Waals surface area (Å²) in [6.07, 6.45) is 0. The number of anilines is 2. The minimum Gasteiger partial charge on any atom is -0.478 e. The molecule has 2 amide bonds. The number of hydrogen-bond acceptors (Lipinski definition) is 2. The van der Waals surface area contributed by atoms with Crippen LogP contribution >= 0.6 is 27.5 Å². The van der Waals surface area contributed by atoms with E-state index < -0.39 is 12.0 Å². The van der Waals surface area contributed by atoms with Crippen LogP contribution in [0.1, 0.15) is 10.4 Å². The SMILES string of the molecule is O=C(Nc1ccc(Br)cc1)Nc1ccc(Cl)cc1C(=O)O. The normalized spacial score (nSPS) is 10.0. The van der Waals surface area contributed by atoms with Gasteiger partial charge in [0.15, 0.2) is 0 Å². The van der Waals surface area contributed by atoms with E-state index in [9.17, 15) is 9.59 Å². The first-order valence-electron chi connectivity index (χ1n) is 5.82. The Balaban J connectivity index is 2.12. The predicted molar refractivity (Wildman–Crippen MR) is 85.2 cm³/mol. The molecule has 0 atom stereocenters. The zero-order valence-corrected chi connectivity index (χ0v) is 12.9. The van der Waals surface area contributed by atoms with Crippen molar-refractivity contribution in [2.75, 3.05) is 10.6 Å². The van der Waals surface area contributed by atoms with Gasteiger partial charge in [0, 0.05) is 15.2 Å². The number of rotatable bonds is 3. The van der Waals surface area contributed by atoms with Crippen molar-refractivity contribution in [3.8, 4) is 0 Å². The molecule has 5 nitrogen and oxygen atoms in total. The Labute approximate surface area is 134 Å². The Morgan fingerprint density at radius 3 is 2.33 bits per heavy atom. The van der Waals surface area contributed by atoms with Gasteiger partial charge < -0.3 is 15.7 Å². The molecule has 0 aliphatic rings. The molecule has 108 valence electrons. The van der Waals surface area contributed by atoms with Gasteiger partial charge in [0.25, 0.3) is 0 Å². The fourth-order valence-electron chi connectivity index (χ4n) is 1.62. The van der Waals surface area contributed by atoms with E-state index in [1.54, 1.807) is 24.3 Å². The van der Waals surface area contributed by atoms with Crippen LogP contribution in [0.15, 0.2) is 46.9 Å². The second-order valence-corrected chi connectivity index (χ2v) is 5.43. The average molecular weight is 370 g/mol. The molecule has 0 aliphatic heterocycles. The van der Waals surface area contributed by atoms with Gasteiger partial charge in [-0.05, 0) is 42.5 Å². The molecule has 2 aromatic carbocycles. The van der Waals surface area contributed by atoms with E-state index in [2.05, 4.69) is 26.6 Å². The third-order valence-corrected chi connectivity index (χ3v) is 3.33. The first-order valence-corrected chi connectivity index (χ1v) is 6.99. The highest BCUT2D eigenvalue weighted by atomic mass is 79.9. The Kier molecular flexibility index (Phi) is 4.82. The third kappa shape index (κ3) is 4.21. The van der Waals surface area contributed by atoms with Crippen molar-refractivity contribution in [3.05, 3.63) is 57.5 Å². The molecule has 21 heavy (non-hydrogen) atoms. The summed E-state index contributed by atoms with van der Waals surface area (Å²) in [5, 5.41) is 14.5. The van der Waals surface area contributed by atoms with Crippen molar-refractivity contribution in [1.29, 1.82) is 0 Å². The molecule has 0 heterocycles. The zero-order valence-electron chi connectivity index (χ0n) is 10.6. The van der Waals surface area contributed by atoms with E-state index in [1.807, 2.05) is 0 Å². The van der Waals surface area contributed by atoms with Gasteiger partial charge in [0.05, 0.1) is 11.3 Å². The molecule has 0 unspecified atom stereocenters. The predicted octanol–water partition coefficient (Wildman–Crippen LogP) is 4.44. The summed E-state index contributed by atoms with van der Waals surface area (Å²) in [5.74, 6) is -1.17. The zero-order chi connectivity index (χ0) is 15.4. The van der Waals surface area contributed by atoms with Gasteiger partial charge in [0.1, 0.15) is 0 Å². The summed E-state index contributed by atoms with van der Waals surface area (Å²) >= 11 is 9.04. The molecule has 0 aliphatic carbocycles. The monoisotopic (exact) mass is 368 g/mol. The Bertz CT molecular complexity index is 689. The molecule has 0 aromatic heterocycles. The highest BCUT2D eigenvalue weighted by molar-refractivity contribution is 9.10. The lowest BCUT2D eigenvalue weighted by Crippen LogP contribution is -2.21. The molecule has 0 bridgehead atoms. The van der Waals surface area contributed by atoms with Crippen LogP contribution in [-0.4, -0.2) is 17.1 Å². The lowest BCUT2D eigenvalue weighted by molar-refractivity contribution is 0.0698. The lowest BCUT2D eigenvalue weighted by atomic mass is 10.2. The van der Waals surface area contributed by atoms with Gasteiger partial charge in [-0.25, -0.2) is 9.59 Å². The number of nitrogens with one attached hydrogen (secondary N) is 2. The lowest BCUT2D eigenvalue weighted by Gasteiger charge is -2.10. The second-order valence-electron chi connectivity index (χ2n) is 4.08. The molecule has 0 fully saturated rings. The average Bonchev–Trinajstić information content (AvgIpc) is 2.43. The Morgan fingerprint density at radius 1 is 1.05 bits per heavy atom. The molecule has 0 radical (unpaired) electrons. The highest BCUT2D eigenvalue weighted by Crippen LogP contribution is 2.21. The van der Waals surface area contributed by atoms with Crippen LogP contribution in [0.25, 0.3) is 0 Å². The van der Waals surface area contributed by atoms with Crippen LogP contribution in [-0.2, 0) is 0 Å². The van der Waals surface area contributed by atoms with Gasteiger partial charge in [-0.15, -0.1) is 0 Å². The van der Waals surface area contributed by atoms with Crippen LogP contribution in [0.3, 0.4) is 0 Å². The summed E-state index contributed by atoms with van der Waals surface area (Å²) in [6.45, 7) is 0. The maximum Gasteiger partial charge on any atom is 0.337 e. The largest absolute Gasteiger partial charge is 0.478 e. The first-order chi connectivity index (χ1) is 9.95. The van der Waals surface area contributed by atoms with Crippen molar-refractivity contribution < 1.29 is 14.7 Å². The third-order valence-electron chi connectivity index (χ3n) is 2.56. The number of carbonyl (C=O) groups is 2. The van der Waals surface area contributed by atoms with E-state index in [4.69, 9.17) is 16.7 Å². The summed E-state index contributed by atoms with van der Waals surface area (Å²) in [6, 6.07) is 10.7. The van der Waals surface area contributed by atoms with Gasteiger partial charge in [0.2, 0.25) is 0 Å². The number of benzene rings is 2. The maximum atomic E-state index is 11.9. The van der Waals surface area contributed by atoms with Gasteiger partial charge in [-0.2, -0.15) is 0 Å². The van der Waals surface area contributed by atoms with Gasteiger partial charge in [-0.1, -0.05) is 27.5 Å². The fraction of sp³-hybridized carbons (Fsp3) is 0. The summed E-state index contributed by atoms with van der Waals surface area (Å²) in [4.78, 5) is 23.0. The van der Waals surface area contributed by atoms with Crippen LogP contribution < -0.4 is 10.6 Å². The van der Waals surface area contributed by atoms with Crippen molar-refractivity contribution in [3.63, 3.8) is 0 Å². The number of hydrogen-bond donors (Lipinski definition) is 3. The Morgan fingerprint density at radius 2 is 1.71 bits per heavy atom. The quantitative estimate of drug-likeness (QED) is 0.748.